The Morgan fingerprint density at radius 3 is 1.62 bits per heavy atom. The van der Waals surface area contributed by atoms with Crippen molar-refractivity contribution in [2.24, 2.45) is 0 Å². The highest BCUT2D eigenvalue weighted by atomic mass is 19.4. The van der Waals surface area contributed by atoms with Crippen LogP contribution in [0.4, 0.5) is 26.3 Å². The van der Waals surface area contributed by atoms with E-state index in [1.54, 1.807) is 18.2 Å². The van der Waals surface area contributed by atoms with Crippen LogP contribution in [0.15, 0.2) is 54.6 Å². The van der Waals surface area contributed by atoms with Gasteiger partial charge in [-0.1, -0.05) is 55.8 Å². The van der Waals surface area contributed by atoms with E-state index in [9.17, 15) is 26.3 Å². The summed E-state index contributed by atoms with van der Waals surface area (Å²) in [6.45, 7) is 5.91. The van der Waals surface area contributed by atoms with Crippen molar-refractivity contribution in [2.75, 3.05) is 0 Å². The van der Waals surface area contributed by atoms with Crippen molar-refractivity contribution in [3.63, 3.8) is 0 Å². The number of aryl methyl sites for hydroxylation is 1. The van der Waals surface area contributed by atoms with Crippen LogP contribution in [-0.2, 0) is 0 Å². The van der Waals surface area contributed by atoms with Crippen molar-refractivity contribution in [3.05, 3.63) is 77.6 Å². The van der Waals surface area contributed by atoms with Gasteiger partial charge in [0.25, 0.3) is 0 Å². The zero-order valence-electron chi connectivity index (χ0n) is 15.9. The zero-order valence-corrected chi connectivity index (χ0v) is 15.9. The fourth-order valence-electron chi connectivity index (χ4n) is 2.60. The highest BCUT2D eigenvalue weighted by Gasteiger charge is 2.34. The summed E-state index contributed by atoms with van der Waals surface area (Å²) in [4.78, 5) is 0. The molecule has 0 aliphatic rings. The number of alkyl halides is 3. The largest absolute Gasteiger partial charge is 0.573 e. The molecule has 0 unspecified atom stereocenters. The molecular formula is C22H18F6O. The van der Waals surface area contributed by atoms with Gasteiger partial charge in [-0.3, -0.25) is 0 Å². The first-order chi connectivity index (χ1) is 13.6. The topological polar surface area (TPSA) is 9.23 Å². The number of ether oxygens (including phenoxy) is 1. The second-order valence-corrected chi connectivity index (χ2v) is 5.88. The average molecular weight is 412 g/mol. The van der Waals surface area contributed by atoms with E-state index in [1.165, 1.54) is 12.1 Å². The minimum atomic E-state index is -5.25. The van der Waals surface area contributed by atoms with E-state index in [1.807, 2.05) is 32.9 Å². The minimum absolute atomic E-state index is 0.151. The first-order valence-electron chi connectivity index (χ1n) is 8.76. The smallest absolute Gasteiger partial charge is 0.399 e. The van der Waals surface area contributed by atoms with E-state index in [2.05, 4.69) is 4.74 Å². The van der Waals surface area contributed by atoms with Gasteiger partial charge in [-0.05, 0) is 41.8 Å². The minimum Gasteiger partial charge on any atom is -0.399 e. The van der Waals surface area contributed by atoms with Gasteiger partial charge in [0, 0.05) is 5.56 Å². The van der Waals surface area contributed by atoms with Crippen LogP contribution >= 0.6 is 0 Å². The SMILES string of the molecule is CC.Cc1ccc(-c2ccc(-c3cc(F)c(OC(F)(F)F)c(F)c3)c(F)c2)cc1. The fraction of sp³-hybridized carbons (Fsp3) is 0.182. The maximum Gasteiger partial charge on any atom is 0.573 e. The van der Waals surface area contributed by atoms with Gasteiger partial charge in [-0.2, -0.15) is 0 Å². The van der Waals surface area contributed by atoms with Crippen molar-refractivity contribution < 1.29 is 31.1 Å². The molecule has 0 atom stereocenters. The molecule has 0 amide bonds. The summed E-state index contributed by atoms with van der Waals surface area (Å²) in [5.74, 6) is -5.51. The molecule has 0 radical (unpaired) electrons. The van der Waals surface area contributed by atoms with Crippen molar-refractivity contribution in [3.8, 4) is 28.0 Å². The molecule has 0 spiro atoms. The lowest BCUT2D eigenvalue weighted by Gasteiger charge is -2.12. The number of hydrogen-bond donors (Lipinski definition) is 0. The molecule has 29 heavy (non-hydrogen) atoms. The van der Waals surface area contributed by atoms with Crippen molar-refractivity contribution in [1.82, 2.24) is 0 Å². The van der Waals surface area contributed by atoms with Crippen LogP contribution in [0.1, 0.15) is 19.4 Å². The fourth-order valence-corrected chi connectivity index (χ4v) is 2.60. The molecule has 7 heteroatoms. The molecule has 0 aliphatic carbocycles. The Kier molecular flexibility index (Phi) is 6.95. The van der Waals surface area contributed by atoms with Crippen molar-refractivity contribution in [1.29, 1.82) is 0 Å². The highest BCUT2D eigenvalue weighted by Crippen LogP contribution is 2.34. The predicted octanol–water partition coefficient (Wildman–Crippen LogP) is 7.67. The van der Waals surface area contributed by atoms with Gasteiger partial charge in [-0.15, -0.1) is 13.2 Å². The summed E-state index contributed by atoms with van der Waals surface area (Å²) in [6.07, 6.45) is -5.25. The lowest BCUT2D eigenvalue weighted by atomic mass is 9.99. The molecule has 3 aromatic carbocycles. The molecule has 0 aliphatic heterocycles. The molecule has 1 nitrogen and oxygen atoms in total. The molecule has 0 aromatic heterocycles. The Hall–Kier alpha value is -2.96. The van der Waals surface area contributed by atoms with E-state index < -0.39 is 29.6 Å². The van der Waals surface area contributed by atoms with Gasteiger partial charge in [0.2, 0.25) is 5.75 Å². The number of hydrogen-bond acceptors (Lipinski definition) is 1. The summed E-state index contributed by atoms with van der Waals surface area (Å²) in [7, 11) is 0. The van der Waals surface area contributed by atoms with Crippen LogP contribution in [0.2, 0.25) is 0 Å². The van der Waals surface area contributed by atoms with E-state index in [-0.39, 0.29) is 11.1 Å². The first kappa shape index (κ1) is 22.3. The molecule has 0 heterocycles. The summed E-state index contributed by atoms with van der Waals surface area (Å²) in [6, 6.07) is 12.5. The Balaban J connectivity index is 0.00000145. The quantitative estimate of drug-likeness (QED) is 0.401. The molecule has 0 N–H and O–H groups in total. The molecule has 0 fully saturated rings. The lowest BCUT2D eigenvalue weighted by Crippen LogP contribution is -2.19. The van der Waals surface area contributed by atoms with Gasteiger partial charge in [0.1, 0.15) is 5.82 Å². The van der Waals surface area contributed by atoms with E-state index in [0.717, 1.165) is 11.1 Å². The molecule has 154 valence electrons. The van der Waals surface area contributed by atoms with Crippen molar-refractivity contribution in [2.45, 2.75) is 27.1 Å². The van der Waals surface area contributed by atoms with Crippen LogP contribution < -0.4 is 4.74 Å². The van der Waals surface area contributed by atoms with Gasteiger partial charge in [0.05, 0.1) is 0 Å². The van der Waals surface area contributed by atoms with E-state index in [4.69, 9.17) is 0 Å². The maximum absolute atomic E-state index is 14.5. The van der Waals surface area contributed by atoms with E-state index >= 15 is 0 Å². The third kappa shape index (κ3) is 5.53. The molecular weight excluding hydrogens is 394 g/mol. The summed E-state index contributed by atoms with van der Waals surface area (Å²) >= 11 is 0. The average Bonchev–Trinajstić information content (AvgIpc) is 2.66. The van der Waals surface area contributed by atoms with Crippen LogP contribution in [-0.4, -0.2) is 6.36 Å². The highest BCUT2D eigenvalue weighted by molar-refractivity contribution is 5.71. The van der Waals surface area contributed by atoms with Crippen molar-refractivity contribution >= 4 is 0 Å². The van der Waals surface area contributed by atoms with Gasteiger partial charge < -0.3 is 4.74 Å². The van der Waals surface area contributed by atoms with Crippen LogP contribution in [0.5, 0.6) is 5.75 Å². The number of halogens is 6. The first-order valence-corrected chi connectivity index (χ1v) is 8.76. The second-order valence-electron chi connectivity index (χ2n) is 5.88. The summed E-state index contributed by atoms with van der Waals surface area (Å²) in [5.41, 5.74) is 1.93. The molecule has 3 aromatic rings. The number of rotatable bonds is 3. The lowest BCUT2D eigenvalue weighted by molar-refractivity contribution is -0.276. The zero-order chi connectivity index (χ0) is 21.8. The normalized spacial score (nSPS) is 10.9. The standard InChI is InChI=1S/C20H12F6O.C2H6/c1-11-2-4-12(5-3-11)13-6-7-15(16(21)8-13)14-9-17(22)19(18(23)10-14)27-20(24,25)26;1-2/h2-10H,1H3;1-2H3. The maximum atomic E-state index is 14.5. The summed E-state index contributed by atoms with van der Waals surface area (Å²) in [5, 5.41) is 0. The third-order valence-corrected chi connectivity index (χ3v) is 3.88. The van der Waals surface area contributed by atoms with Gasteiger partial charge >= 0.3 is 6.36 Å². The predicted molar refractivity (Wildman–Crippen MR) is 100.0 cm³/mol. The van der Waals surface area contributed by atoms with Crippen LogP contribution in [0, 0.1) is 24.4 Å². The molecule has 3 rings (SSSR count). The Labute approximate surface area is 164 Å². The third-order valence-electron chi connectivity index (χ3n) is 3.88. The van der Waals surface area contributed by atoms with Gasteiger partial charge in [-0.25, -0.2) is 13.2 Å². The Bertz CT molecular complexity index is 955. The molecule has 0 saturated carbocycles. The van der Waals surface area contributed by atoms with Gasteiger partial charge in [0.15, 0.2) is 11.6 Å². The van der Waals surface area contributed by atoms with E-state index in [0.29, 0.717) is 17.7 Å². The second kappa shape index (κ2) is 9.03. The number of benzene rings is 3. The van der Waals surface area contributed by atoms with Crippen LogP contribution in [0.3, 0.4) is 0 Å². The Morgan fingerprint density at radius 1 is 0.655 bits per heavy atom. The monoisotopic (exact) mass is 412 g/mol. The summed E-state index contributed by atoms with van der Waals surface area (Å²) < 4.78 is 82.1. The Morgan fingerprint density at radius 2 is 1.14 bits per heavy atom. The molecule has 0 bridgehead atoms. The van der Waals surface area contributed by atoms with Crippen LogP contribution in [0.25, 0.3) is 22.3 Å². The molecule has 0 saturated heterocycles.